The number of anilines is 1. The molecule has 1 aromatic carbocycles. The highest BCUT2D eigenvalue weighted by molar-refractivity contribution is 5.95. The van der Waals surface area contributed by atoms with Gasteiger partial charge in [0.15, 0.2) is 0 Å². The molecule has 0 spiro atoms. The first-order chi connectivity index (χ1) is 11.2. The molecule has 1 aromatic heterocycles. The summed E-state index contributed by atoms with van der Waals surface area (Å²) in [4.78, 5) is 30.7. The molecule has 1 fully saturated rings. The van der Waals surface area contributed by atoms with Gasteiger partial charge in [-0.05, 0) is 37.1 Å². The van der Waals surface area contributed by atoms with Crippen LogP contribution < -0.4 is 5.32 Å². The molecular weight excluding hydrogens is 290 g/mol. The van der Waals surface area contributed by atoms with E-state index >= 15 is 0 Å². The number of rotatable bonds is 3. The average Bonchev–Trinajstić information content (AvgIpc) is 2.63. The van der Waals surface area contributed by atoms with Crippen LogP contribution in [0.1, 0.15) is 23.3 Å². The van der Waals surface area contributed by atoms with Crippen LogP contribution in [0, 0.1) is 5.92 Å². The second-order valence-electron chi connectivity index (χ2n) is 5.66. The Morgan fingerprint density at radius 1 is 1.09 bits per heavy atom. The predicted octanol–water partition coefficient (Wildman–Crippen LogP) is 2.57. The molecule has 1 atom stereocenters. The number of nitrogens with one attached hydrogen (secondary N) is 1. The number of amides is 2. The van der Waals surface area contributed by atoms with E-state index in [0.717, 1.165) is 18.5 Å². The van der Waals surface area contributed by atoms with Crippen LogP contribution in [0.3, 0.4) is 0 Å². The molecule has 5 heteroatoms. The van der Waals surface area contributed by atoms with Crippen molar-refractivity contribution < 1.29 is 9.59 Å². The SMILES string of the molecule is O=C(Nc1ccccc1)C1CCCN(C(=O)c2ccccn2)C1. The zero-order valence-electron chi connectivity index (χ0n) is 12.8. The molecule has 118 valence electrons. The van der Waals surface area contributed by atoms with Crippen LogP contribution in [-0.2, 0) is 4.79 Å². The second kappa shape index (κ2) is 7.05. The van der Waals surface area contributed by atoms with E-state index < -0.39 is 0 Å². The van der Waals surface area contributed by atoms with Crippen molar-refractivity contribution in [2.75, 3.05) is 18.4 Å². The molecule has 3 rings (SSSR count). The molecule has 1 saturated heterocycles. The second-order valence-corrected chi connectivity index (χ2v) is 5.66. The number of carbonyl (C=O) groups excluding carboxylic acids is 2. The largest absolute Gasteiger partial charge is 0.337 e. The van der Waals surface area contributed by atoms with Crippen LogP contribution >= 0.6 is 0 Å². The average molecular weight is 309 g/mol. The monoisotopic (exact) mass is 309 g/mol. The summed E-state index contributed by atoms with van der Waals surface area (Å²) in [5.74, 6) is -0.325. The van der Waals surface area contributed by atoms with Gasteiger partial charge < -0.3 is 10.2 Å². The minimum atomic E-state index is -0.184. The molecule has 1 aliphatic rings. The van der Waals surface area contributed by atoms with Gasteiger partial charge in [-0.3, -0.25) is 14.6 Å². The minimum Gasteiger partial charge on any atom is -0.337 e. The molecule has 0 saturated carbocycles. The van der Waals surface area contributed by atoms with Crippen LogP contribution in [0.15, 0.2) is 54.7 Å². The van der Waals surface area contributed by atoms with E-state index in [-0.39, 0.29) is 17.7 Å². The van der Waals surface area contributed by atoms with Gasteiger partial charge in [0, 0.05) is 25.0 Å². The minimum absolute atomic E-state index is 0.0327. The van der Waals surface area contributed by atoms with Crippen LogP contribution in [0.2, 0.25) is 0 Å². The summed E-state index contributed by atoms with van der Waals surface area (Å²) in [6.45, 7) is 1.11. The molecule has 0 radical (unpaired) electrons. The predicted molar refractivity (Wildman–Crippen MR) is 87.9 cm³/mol. The number of para-hydroxylation sites is 1. The van der Waals surface area contributed by atoms with Gasteiger partial charge in [0.25, 0.3) is 5.91 Å². The Bertz CT molecular complexity index is 673. The van der Waals surface area contributed by atoms with Crippen molar-refractivity contribution in [1.82, 2.24) is 9.88 Å². The lowest BCUT2D eigenvalue weighted by Crippen LogP contribution is -2.44. The Balaban J connectivity index is 1.64. The topological polar surface area (TPSA) is 62.3 Å². The Morgan fingerprint density at radius 2 is 1.87 bits per heavy atom. The molecule has 2 heterocycles. The van der Waals surface area contributed by atoms with E-state index in [1.807, 2.05) is 30.3 Å². The first kappa shape index (κ1) is 15.2. The molecule has 0 bridgehead atoms. The summed E-state index contributed by atoms with van der Waals surface area (Å²) < 4.78 is 0. The van der Waals surface area contributed by atoms with Crippen LogP contribution in [0.25, 0.3) is 0 Å². The first-order valence-electron chi connectivity index (χ1n) is 7.80. The van der Waals surface area contributed by atoms with E-state index in [2.05, 4.69) is 10.3 Å². The summed E-state index contributed by atoms with van der Waals surface area (Å²) in [6, 6.07) is 14.7. The van der Waals surface area contributed by atoms with Gasteiger partial charge in [-0.1, -0.05) is 24.3 Å². The van der Waals surface area contributed by atoms with Gasteiger partial charge in [-0.25, -0.2) is 0 Å². The quantitative estimate of drug-likeness (QED) is 0.948. The maximum absolute atomic E-state index is 12.5. The summed E-state index contributed by atoms with van der Waals surface area (Å²) >= 11 is 0. The molecule has 0 aliphatic carbocycles. The summed E-state index contributed by atoms with van der Waals surface area (Å²) in [6.07, 6.45) is 3.23. The van der Waals surface area contributed by atoms with Gasteiger partial charge in [0.2, 0.25) is 5.91 Å². The van der Waals surface area contributed by atoms with Crippen molar-refractivity contribution in [2.24, 2.45) is 5.92 Å². The van der Waals surface area contributed by atoms with E-state index in [1.165, 1.54) is 0 Å². The van der Waals surface area contributed by atoms with Crippen LogP contribution in [0.5, 0.6) is 0 Å². The third kappa shape index (κ3) is 3.74. The van der Waals surface area contributed by atoms with E-state index in [9.17, 15) is 9.59 Å². The van der Waals surface area contributed by atoms with Gasteiger partial charge in [-0.2, -0.15) is 0 Å². The van der Waals surface area contributed by atoms with Crippen molar-refractivity contribution in [3.05, 3.63) is 60.4 Å². The molecule has 5 nitrogen and oxygen atoms in total. The zero-order chi connectivity index (χ0) is 16.1. The molecule has 23 heavy (non-hydrogen) atoms. The van der Waals surface area contributed by atoms with Gasteiger partial charge >= 0.3 is 0 Å². The highest BCUT2D eigenvalue weighted by Gasteiger charge is 2.29. The maximum atomic E-state index is 12.5. The summed E-state index contributed by atoms with van der Waals surface area (Å²) in [5.41, 5.74) is 1.21. The lowest BCUT2D eigenvalue weighted by Gasteiger charge is -2.31. The first-order valence-corrected chi connectivity index (χ1v) is 7.80. The number of hydrogen-bond acceptors (Lipinski definition) is 3. The fourth-order valence-corrected chi connectivity index (χ4v) is 2.79. The summed E-state index contributed by atoms with van der Waals surface area (Å²) in [5, 5.41) is 2.92. The van der Waals surface area contributed by atoms with Gasteiger partial charge in [0.05, 0.1) is 5.92 Å². The molecule has 1 N–H and O–H groups in total. The van der Waals surface area contributed by atoms with E-state index in [0.29, 0.717) is 18.8 Å². The Hall–Kier alpha value is -2.69. The highest BCUT2D eigenvalue weighted by atomic mass is 16.2. The fourth-order valence-electron chi connectivity index (χ4n) is 2.79. The maximum Gasteiger partial charge on any atom is 0.272 e. The zero-order valence-corrected chi connectivity index (χ0v) is 12.8. The van der Waals surface area contributed by atoms with Crippen molar-refractivity contribution in [3.8, 4) is 0 Å². The molecule has 2 aromatic rings. The molecule has 1 unspecified atom stereocenters. The Kier molecular flexibility index (Phi) is 4.66. The smallest absolute Gasteiger partial charge is 0.272 e. The van der Waals surface area contributed by atoms with E-state index in [4.69, 9.17) is 0 Å². The lowest BCUT2D eigenvalue weighted by molar-refractivity contribution is -0.121. The summed E-state index contributed by atoms with van der Waals surface area (Å²) in [7, 11) is 0. The molecule has 2 amide bonds. The van der Waals surface area contributed by atoms with Crippen molar-refractivity contribution >= 4 is 17.5 Å². The highest BCUT2D eigenvalue weighted by Crippen LogP contribution is 2.20. The normalized spacial score (nSPS) is 17.6. The third-order valence-corrected chi connectivity index (χ3v) is 4.00. The van der Waals surface area contributed by atoms with Crippen LogP contribution in [0.4, 0.5) is 5.69 Å². The number of hydrogen-bond donors (Lipinski definition) is 1. The number of pyridine rings is 1. The van der Waals surface area contributed by atoms with Crippen molar-refractivity contribution in [1.29, 1.82) is 0 Å². The molecular formula is C18H19N3O2. The number of likely N-dealkylation sites (tertiary alicyclic amines) is 1. The Labute approximate surface area is 135 Å². The van der Waals surface area contributed by atoms with Crippen molar-refractivity contribution in [2.45, 2.75) is 12.8 Å². The number of nitrogens with zero attached hydrogens (tertiary/aromatic N) is 2. The fraction of sp³-hybridized carbons (Fsp3) is 0.278. The van der Waals surface area contributed by atoms with Gasteiger partial charge in [0.1, 0.15) is 5.69 Å². The molecule has 1 aliphatic heterocycles. The standard InChI is InChI=1S/C18H19N3O2/c22-17(20-15-8-2-1-3-9-15)14-7-6-12-21(13-14)18(23)16-10-4-5-11-19-16/h1-5,8-11,14H,6-7,12-13H2,(H,20,22). The van der Waals surface area contributed by atoms with Crippen molar-refractivity contribution in [3.63, 3.8) is 0 Å². The lowest BCUT2D eigenvalue weighted by atomic mass is 9.96. The Morgan fingerprint density at radius 3 is 2.61 bits per heavy atom. The van der Waals surface area contributed by atoms with Crippen LogP contribution in [-0.4, -0.2) is 34.8 Å². The number of piperidine rings is 1. The number of aromatic nitrogens is 1. The van der Waals surface area contributed by atoms with E-state index in [1.54, 1.807) is 29.3 Å². The number of benzene rings is 1. The number of carbonyl (C=O) groups is 2. The van der Waals surface area contributed by atoms with Gasteiger partial charge in [-0.15, -0.1) is 0 Å². The third-order valence-electron chi connectivity index (χ3n) is 4.00.